The predicted molar refractivity (Wildman–Crippen MR) is 73.7 cm³/mol. The van der Waals surface area contributed by atoms with Gasteiger partial charge >= 0.3 is 5.97 Å². The molecule has 19 heavy (non-hydrogen) atoms. The minimum Gasteiger partial charge on any atom is -0.468 e. The molecule has 1 fully saturated rings. The van der Waals surface area contributed by atoms with Crippen molar-refractivity contribution in [3.8, 4) is 0 Å². The zero-order chi connectivity index (χ0) is 14.6. The van der Waals surface area contributed by atoms with Gasteiger partial charge < -0.3 is 10.1 Å². The van der Waals surface area contributed by atoms with E-state index in [2.05, 4.69) is 5.32 Å². The lowest BCUT2D eigenvalue weighted by Crippen LogP contribution is -2.56. The van der Waals surface area contributed by atoms with Crippen LogP contribution >= 0.6 is 0 Å². The van der Waals surface area contributed by atoms with Crippen molar-refractivity contribution in [3.05, 3.63) is 0 Å². The summed E-state index contributed by atoms with van der Waals surface area (Å²) in [5, 5.41) is 2.96. The summed E-state index contributed by atoms with van der Waals surface area (Å²) >= 11 is 0. The van der Waals surface area contributed by atoms with Crippen molar-refractivity contribution in [2.24, 2.45) is 0 Å². The highest BCUT2D eigenvalue weighted by atomic mass is 16.5. The van der Waals surface area contributed by atoms with Gasteiger partial charge in [0, 0.05) is 5.54 Å². The van der Waals surface area contributed by atoms with Crippen molar-refractivity contribution >= 4 is 11.9 Å². The van der Waals surface area contributed by atoms with E-state index in [0.717, 1.165) is 25.8 Å². The number of ether oxygens (including phenoxy) is 1. The Morgan fingerprint density at radius 1 is 1.32 bits per heavy atom. The first-order valence-corrected chi connectivity index (χ1v) is 6.92. The summed E-state index contributed by atoms with van der Waals surface area (Å²) < 4.78 is 4.84. The van der Waals surface area contributed by atoms with Crippen LogP contribution in [-0.4, -0.2) is 48.1 Å². The van der Waals surface area contributed by atoms with E-state index >= 15 is 0 Å². The fraction of sp³-hybridized carbons (Fsp3) is 0.857. The van der Waals surface area contributed by atoms with Crippen molar-refractivity contribution in [2.75, 3.05) is 13.7 Å². The molecule has 110 valence electrons. The Morgan fingerprint density at radius 3 is 2.47 bits per heavy atom. The molecule has 0 saturated carbocycles. The molecule has 1 aliphatic rings. The highest BCUT2D eigenvalue weighted by Gasteiger charge is 2.35. The molecule has 1 unspecified atom stereocenters. The van der Waals surface area contributed by atoms with Gasteiger partial charge in [0.15, 0.2) is 0 Å². The smallest absolute Gasteiger partial charge is 0.323 e. The van der Waals surface area contributed by atoms with Gasteiger partial charge in [-0.05, 0) is 47.1 Å². The minimum absolute atomic E-state index is 0.0386. The number of hydrogen-bond donors (Lipinski definition) is 1. The summed E-state index contributed by atoms with van der Waals surface area (Å²) in [5.41, 5.74) is -0.262. The summed E-state index contributed by atoms with van der Waals surface area (Å²) in [6, 6.07) is -0.608. The minimum atomic E-state index is -0.316. The van der Waals surface area contributed by atoms with Gasteiger partial charge in [-0.15, -0.1) is 0 Å². The summed E-state index contributed by atoms with van der Waals surface area (Å²) in [6.45, 7) is 8.46. The second-order valence-electron chi connectivity index (χ2n) is 6.19. The van der Waals surface area contributed by atoms with Crippen LogP contribution in [0.2, 0.25) is 0 Å². The van der Waals surface area contributed by atoms with Crippen molar-refractivity contribution in [1.29, 1.82) is 0 Å². The van der Waals surface area contributed by atoms with Crippen LogP contribution < -0.4 is 5.32 Å². The van der Waals surface area contributed by atoms with Crippen LogP contribution in [0.4, 0.5) is 0 Å². The average Bonchev–Trinajstić information content (AvgIpc) is 2.35. The molecule has 0 aromatic heterocycles. The Morgan fingerprint density at radius 2 is 1.95 bits per heavy atom. The summed E-state index contributed by atoms with van der Waals surface area (Å²) in [7, 11) is 1.40. The maximum Gasteiger partial charge on any atom is 0.323 e. The first-order chi connectivity index (χ1) is 8.76. The molecule has 0 bridgehead atoms. The number of esters is 1. The lowest BCUT2D eigenvalue weighted by Gasteiger charge is -2.38. The first-order valence-electron chi connectivity index (χ1n) is 6.92. The number of carbonyl (C=O) groups excluding carboxylic acids is 2. The van der Waals surface area contributed by atoms with Crippen LogP contribution in [0.25, 0.3) is 0 Å². The topological polar surface area (TPSA) is 58.6 Å². The van der Waals surface area contributed by atoms with Crippen LogP contribution in [0, 0.1) is 0 Å². The zero-order valence-electron chi connectivity index (χ0n) is 12.7. The van der Waals surface area contributed by atoms with Gasteiger partial charge in [-0.2, -0.15) is 0 Å². The predicted octanol–water partition coefficient (Wildman–Crippen LogP) is 1.32. The fourth-order valence-corrected chi connectivity index (χ4v) is 2.43. The third-order valence-electron chi connectivity index (χ3n) is 3.39. The first kappa shape index (κ1) is 16.0. The van der Waals surface area contributed by atoms with Crippen LogP contribution in [0.3, 0.4) is 0 Å². The number of methoxy groups -OCH3 is 1. The summed E-state index contributed by atoms with van der Waals surface area (Å²) in [6.07, 6.45) is 2.78. The number of piperidine rings is 1. The molecule has 0 aliphatic carbocycles. The standard InChI is InChI=1S/C14H26N2O3/c1-10(12(17)15-14(2,3)4)16-9-7-6-8-11(16)13(18)19-5/h10-11H,6-9H2,1-5H3,(H,15,17)/t10?,11-/m1/s1. The van der Waals surface area contributed by atoms with Gasteiger partial charge in [0.1, 0.15) is 6.04 Å². The monoisotopic (exact) mass is 270 g/mol. The van der Waals surface area contributed by atoms with E-state index < -0.39 is 0 Å². The van der Waals surface area contributed by atoms with Crippen LogP contribution in [0.1, 0.15) is 47.0 Å². The van der Waals surface area contributed by atoms with E-state index in [1.165, 1.54) is 7.11 Å². The molecule has 1 N–H and O–H groups in total. The molecule has 1 saturated heterocycles. The molecule has 2 atom stereocenters. The van der Waals surface area contributed by atoms with Crippen LogP contribution in [-0.2, 0) is 14.3 Å². The van der Waals surface area contributed by atoms with Gasteiger partial charge in [-0.1, -0.05) is 6.42 Å². The van der Waals surface area contributed by atoms with E-state index in [4.69, 9.17) is 4.74 Å². The Balaban J connectivity index is 2.74. The van der Waals surface area contributed by atoms with Crippen molar-refractivity contribution < 1.29 is 14.3 Å². The number of nitrogens with one attached hydrogen (secondary N) is 1. The maximum absolute atomic E-state index is 12.2. The molecular weight excluding hydrogens is 244 g/mol. The number of carbonyl (C=O) groups is 2. The number of likely N-dealkylation sites (tertiary alicyclic amines) is 1. The van der Waals surface area contributed by atoms with E-state index in [0.29, 0.717) is 0 Å². The lowest BCUT2D eigenvalue weighted by molar-refractivity contribution is -0.150. The van der Waals surface area contributed by atoms with Crippen molar-refractivity contribution in [2.45, 2.75) is 64.6 Å². The number of nitrogens with zero attached hydrogens (tertiary/aromatic N) is 1. The molecule has 0 aromatic carbocycles. The molecule has 5 heteroatoms. The van der Waals surface area contributed by atoms with Crippen molar-refractivity contribution in [1.82, 2.24) is 10.2 Å². The third-order valence-corrected chi connectivity index (χ3v) is 3.39. The Bertz CT molecular complexity index is 336. The fourth-order valence-electron chi connectivity index (χ4n) is 2.43. The van der Waals surface area contributed by atoms with Crippen LogP contribution in [0.15, 0.2) is 0 Å². The van der Waals surface area contributed by atoms with Gasteiger partial charge in [-0.3, -0.25) is 14.5 Å². The van der Waals surface area contributed by atoms with E-state index in [1.807, 2.05) is 32.6 Å². The quantitative estimate of drug-likeness (QED) is 0.786. The van der Waals surface area contributed by atoms with Crippen molar-refractivity contribution in [3.63, 3.8) is 0 Å². The molecular formula is C14H26N2O3. The lowest BCUT2D eigenvalue weighted by atomic mass is 9.99. The van der Waals surface area contributed by atoms with Gasteiger partial charge in [0.2, 0.25) is 5.91 Å². The third kappa shape index (κ3) is 4.49. The normalized spacial score (nSPS) is 22.7. The second kappa shape index (κ2) is 6.37. The number of amides is 1. The van der Waals surface area contributed by atoms with Gasteiger partial charge in [-0.25, -0.2) is 0 Å². The average molecular weight is 270 g/mol. The maximum atomic E-state index is 12.2. The molecule has 0 radical (unpaired) electrons. The largest absolute Gasteiger partial charge is 0.468 e. The summed E-state index contributed by atoms with van der Waals surface area (Å²) in [5.74, 6) is -0.279. The Hall–Kier alpha value is -1.10. The van der Waals surface area contributed by atoms with E-state index in [1.54, 1.807) is 0 Å². The zero-order valence-corrected chi connectivity index (χ0v) is 12.7. The number of hydrogen-bond acceptors (Lipinski definition) is 4. The molecule has 5 nitrogen and oxygen atoms in total. The Kier molecular flexibility index (Phi) is 5.35. The van der Waals surface area contributed by atoms with E-state index in [9.17, 15) is 9.59 Å². The summed E-state index contributed by atoms with van der Waals surface area (Å²) in [4.78, 5) is 26.0. The molecule has 1 amide bonds. The molecule has 0 aromatic rings. The highest BCUT2D eigenvalue weighted by Crippen LogP contribution is 2.21. The van der Waals surface area contributed by atoms with Gasteiger partial charge in [0.05, 0.1) is 13.2 Å². The van der Waals surface area contributed by atoms with E-state index in [-0.39, 0.29) is 29.5 Å². The van der Waals surface area contributed by atoms with Gasteiger partial charge in [0.25, 0.3) is 0 Å². The highest BCUT2D eigenvalue weighted by molar-refractivity contribution is 5.83. The SMILES string of the molecule is COC(=O)[C@H]1CCCCN1C(C)C(=O)NC(C)(C)C. The molecule has 1 rings (SSSR count). The molecule has 1 heterocycles. The second-order valence-corrected chi connectivity index (χ2v) is 6.19. The molecule has 1 aliphatic heterocycles. The Labute approximate surface area is 115 Å². The van der Waals surface area contributed by atoms with Crippen LogP contribution in [0.5, 0.6) is 0 Å². The number of rotatable bonds is 3. The molecule has 0 spiro atoms.